The predicted octanol–water partition coefficient (Wildman–Crippen LogP) is 5.27. The molecule has 3 heteroatoms. The van der Waals surface area contributed by atoms with Gasteiger partial charge in [-0.1, -0.05) is 48.4 Å². The van der Waals surface area contributed by atoms with Crippen molar-refractivity contribution in [1.82, 2.24) is 0 Å². The summed E-state index contributed by atoms with van der Waals surface area (Å²) in [6.07, 6.45) is 7.49. The van der Waals surface area contributed by atoms with E-state index in [4.69, 9.17) is 0 Å². The standard InChI is InChI=1S/C22H24O2S/c1-16-4-6-17(7-5-16)20-14-22(12-3-13-22)15-21(20)18-8-10-19(11-9-18)25(2,23)24/h4-11H,3,12-15H2,1-2H3. The van der Waals surface area contributed by atoms with E-state index in [0.29, 0.717) is 10.3 Å². The van der Waals surface area contributed by atoms with Crippen molar-refractivity contribution in [2.75, 3.05) is 6.26 Å². The van der Waals surface area contributed by atoms with E-state index < -0.39 is 9.84 Å². The maximum atomic E-state index is 11.7. The van der Waals surface area contributed by atoms with Crippen molar-refractivity contribution in [2.45, 2.75) is 43.9 Å². The molecule has 2 aliphatic rings. The molecule has 0 atom stereocenters. The lowest BCUT2D eigenvalue weighted by Gasteiger charge is -2.39. The SMILES string of the molecule is Cc1ccc(C2=C(c3ccc(S(C)(=O)=O)cc3)CC3(CCC3)C2)cc1. The minimum absolute atomic E-state index is 0.394. The average Bonchev–Trinajstić information content (AvgIpc) is 2.96. The number of aryl methyl sites for hydroxylation is 1. The van der Waals surface area contributed by atoms with Crippen molar-refractivity contribution in [3.63, 3.8) is 0 Å². The van der Waals surface area contributed by atoms with Gasteiger partial charge >= 0.3 is 0 Å². The van der Waals surface area contributed by atoms with Gasteiger partial charge in [0.25, 0.3) is 0 Å². The molecule has 0 unspecified atom stereocenters. The molecule has 0 aliphatic heterocycles. The Bertz CT molecular complexity index is 929. The van der Waals surface area contributed by atoms with Crippen LogP contribution >= 0.6 is 0 Å². The minimum Gasteiger partial charge on any atom is -0.224 e. The number of hydrogen-bond acceptors (Lipinski definition) is 2. The molecular formula is C22H24O2S. The van der Waals surface area contributed by atoms with Gasteiger partial charge in [0, 0.05) is 6.26 Å². The molecule has 0 amide bonds. The smallest absolute Gasteiger partial charge is 0.175 e. The first kappa shape index (κ1) is 16.6. The fourth-order valence-corrected chi connectivity index (χ4v) is 4.90. The molecule has 0 aromatic heterocycles. The van der Waals surface area contributed by atoms with Crippen molar-refractivity contribution in [3.8, 4) is 0 Å². The molecule has 25 heavy (non-hydrogen) atoms. The first-order valence-electron chi connectivity index (χ1n) is 8.96. The first-order valence-corrected chi connectivity index (χ1v) is 10.9. The summed E-state index contributed by atoms with van der Waals surface area (Å²) in [6, 6.07) is 16.3. The average molecular weight is 352 g/mol. The summed E-state index contributed by atoms with van der Waals surface area (Å²) in [7, 11) is -3.15. The molecule has 4 rings (SSSR count). The molecule has 0 radical (unpaired) electrons. The van der Waals surface area contributed by atoms with Gasteiger partial charge < -0.3 is 0 Å². The molecular weight excluding hydrogens is 328 g/mol. The number of rotatable bonds is 3. The highest BCUT2D eigenvalue weighted by Gasteiger charge is 2.43. The molecule has 2 aromatic rings. The number of benzene rings is 2. The van der Waals surface area contributed by atoms with E-state index in [1.165, 1.54) is 53.4 Å². The normalized spacial score (nSPS) is 19.3. The summed E-state index contributed by atoms with van der Waals surface area (Å²) in [4.78, 5) is 0.394. The second kappa shape index (κ2) is 5.84. The molecule has 1 saturated carbocycles. The quantitative estimate of drug-likeness (QED) is 0.754. The maximum absolute atomic E-state index is 11.7. The van der Waals surface area contributed by atoms with Crippen LogP contribution in [0.4, 0.5) is 0 Å². The third-order valence-electron chi connectivity index (χ3n) is 5.91. The van der Waals surface area contributed by atoms with Crippen molar-refractivity contribution in [2.24, 2.45) is 5.41 Å². The molecule has 2 aromatic carbocycles. The van der Waals surface area contributed by atoms with Crippen LogP contribution in [-0.2, 0) is 9.84 Å². The van der Waals surface area contributed by atoms with Gasteiger partial charge in [0.05, 0.1) is 4.90 Å². The Balaban J connectivity index is 1.77. The number of allylic oxidation sites excluding steroid dienone is 2. The van der Waals surface area contributed by atoms with Crippen LogP contribution in [0.5, 0.6) is 0 Å². The van der Waals surface area contributed by atoms with Crippen LogP contribution in [0.25, 0.3) is 11.1 Å². The molecule has 0 saturated heterocycles. The minimum atomic E-state index is -3.15. The molecule has 1 spiro atoms. The summed E-state index contributed by atoms with van der Waals surface area (Å²) >= 11 is 0. The monoisotopic (exact) mass is 352 g/mol. The van der Waals surface area contributed by atoms with E-state index >= 15 is 0 Å². The van der Waals surface area contributed by atoms with Crippen LogP contribution in [0.15, 0.2) is 53.4 Å². The van der Waals surface area contributed by atoms with Crippen LogP contribution in [0.2, 0.25) is 0 Å². The summed E-state index contributed by atoms with van der Waals surface area (Å²) in [6.45, 7) is 2.12. The third-order valence-corrected chi connectivity index (χ3v) is 7.04. The Labute approximate surface area is 150 Å². The fourth-order valence-electron chi connectivity index (χ4n) is 4.27. The van der Waals surface area contributed by atoms with E-state index in [9.17, 15) is 8.42 Å². The van der Waals surface area contributed by atoms with Crippen molar-refractivity contribution >= 4 is 21.0 Å². The molecule has 2 nitrogen and oxygen atoms in total. The lowest BCUT2D eigenvalue weighted by Crippen LogP contribution is -2.26. The summed E-state index contributed by atoms with van der Waals surface area (Å²) in [5, 5.41) is 0. The van der Waals surface area contributed by atoms with Crippen molar-refractivity contribution in [1.29, 1.82) is 0 Å². The van der Waals surface area contributed by atoms with Gasteiger partial charge in [-0.15, -0.1) is 0 Å². The van der Waals surface area contributed by atoms with Gasteiger partial charge in [-0.25, -0.2) is 8.42 Å². The van der Waals surface area contributed by atoms with Crippen molar-refractivity contribution < 1.29 is 8.42 Å². The first-order chi connectivity index (χ1) is 11.9. The second-order valence-corrected chi connectivity index (χ2v) is 9.84. The number of hydrogen-bond donors (Lipinski definition) is 0. The van der Waals surface area contributed by atoms with E-state index in [0.717, 1.165) is 12.8 Å². The van der Waals surface area contributed by atoms with Gasteiger partial charge in [0.1, 0.15) is 0 Å². The molecule has 0 N–H and O–H groups in total. The van der Waals surface area contributed by atoms with Gasteiger partial charge in [-0.05, 0) is 72.4 Å². The van der Waals surface area contributed by atoms with Crippen LogP contribution in [0, 0.1) is 12.3 Å². The molecule has 2 aliphatic carbocycles. The number of sulfone groups is 1. The third kappa shape index (κ3) is 3.06. The zero-order valence-electron chi connectivity index (χ0n) is 14.9. The van der Waals surface area contributed by atoms with E-state index in [-0.39, 0.29) is 0 Å². The zero-order chi connectivity index (χ0) is 17.7. The van der Waals surface area contributed by atoms with Crippen LogP contribution in [0.3, 0.4) is 0 Å². The molecule has 0 heterocycles. The molecule has 1 fully saturated rings. The van der Waals surface area contributed by atoms with Gasteiger partial charge in [-0.3, -0.25) is 0 Å². The van der Waals surface area contributed by atoms with Gasteiger partial charge in [-0.2, -0.15) is 0 Å². The largest absolute Gasteiger partial charge is 0.224 e. The highest BCUT2D eigenvalue weighted by atomic mass is 32.2. The highest BCUT2D eigenvalue weighted by molar-refractivity contribution is 7.90. The Morgan fingerprint density at radius 3 is 1.68 bits per heavy atom. The maximum Gasteiger partial charge on any atom is 0.175 e. The van der Waals surface area contributed by atoms with E-state index in [1.54, 1.807) is 12.1 Å². The van der Waals surface area contributed by atoms with E-state index in [2.05, 4.69) is 31.2 Å². The Hall–Kier alpha value is -1.87. The van der Waals surface area contributed by atoms with Gasteiger partial charge in [0.2, 0.25) is 0 Å². The summed E-state index contributed by atoms with van der Waals surface area (Å²) in [5.74, 6) is 0. The van der Waals surface area contributed by atoms with Crippen LogP contribution in [0.1, 0.15) is 48.8 Å². The Morgan fingerprint density at radius 2 is 1.28 bits per heavy atom. The topological polar surface area (TPSA) is 34.1 Å². The van der Waals surface area contributed by atoms with Crippen molar-refractivity contribution in [3.05, 3.63) is 65.2 Å². The predicted molar refractivity (Wildman–Crippen MR) is 103 cm³/mol. The Kier molecular flexibility index (Phi) is 3.88. The van der Waals surface area contributed by atoms with E-state index in [1.807, 2.05) is 12.1 Å². The second-order valence-electron chi connectivity index (χ2n) is 7.83. The van der Waals surface area contributed by atoms with Crippen LogP contribution in [-0.4, -0.2) is 14.7 Å². The van der Waals surface area contributed by atoms with Gasteiger partial charge in [0.15, 0.2) is 9.84 Å². The zero-order valence-corrected chi connectivity index (χ0v) is 15.7. The molecule has 0 bridgehead atoms. The lowest BCUT2D eigenvalue weighted by atomic mass is 9.66. The summed E-state index contributed by atoms with van der Waals surface area (Å²) < 4.78 is 23.5. The highest BCUT2D eigenvalue weighted by Crippen LogP contribution is 2.59. The lowest BCUT2D eigenvalue weighted by molar-refractivity contribution is 0.157. The Morgan fingerprint density at radius 1 is 0.800 bits per heavy atom. The molecule has 130 valence electrons. The van der Waals surface area contributed by atoms with Crippen LogP contribution < -0.4 is 0 Å². The summed E-state index contributed by atoms with van der Waals surface area (Å²) in [5.41, 5.74) is 7.07. The fraction of sp³-hybridized carbons (Fsp3) is 0.364.